The standard InChI is InChI=1S/C22H27ClN4O2/c1-3-26(4-2)21(28)19-15-18(11-12-20(19)27-13-5-6-14-27)25-22(29)24-17-9-7-16(23)8-10-17/h7-12,15H,3-6,13-14H2,1-2H3,(H2,24,25,29). The van der Waals surface area contributed by atoms with E-state index in [2.05, 4.69) is 15.5 Å². The lowest BCUT2D eigenvalue weighted by Crippen LogP contribution is -2.32. The van der Waals surface area contributed by atoms with Gasteiger partial charge >= 0.3 is 6.03 Å². The molecule has 3 amide bonds. The number of halogens is 1. The number of hydrogen-bond acceptors (Lipinski definition) is 3. The fourth-order valence-corrected chi connectivity index (χ4v) is 3.65. The maximum Gasteiger partial charge on any atom is 0.323 e. The Morgan fingerprint density at radius 2 is 1.55 bits per heavy atom. The van der Waals surface area contributed by atoms with Crippen molar-refractivity contribution >= 4 is 40.6 Å². The van der Waals surface area contributed by atoms with E-state index >= 15 is 0 Å². The van der Waals surface area contributed by atoms with Crippen LogP contribution in [0.2, 0.25) is 5.02 Å². The fourth-order valence-electron chi connectivity index (χ4n) is 3.53. The van der Waals surface area contributed by atoms with E-state index < -0.39 is 0 Å². The summed E-state index contributed by atoms with van der Waals surface area (Å²) in [6.45, 7) is 7.12. The molecule has 1 fully saturated rings. The number of anilines is 3. The summed E-state index contributed by atoms with van der Waals surface area (Å²) in [5.74, 6) is -0.0151. The van der Waals surface area contributed by atoms with Gasteiger partial charge in [0.25, 0.3) is 5.91 Å². The van der Waals surface area contributed by atoms with Crippen LogP contribution >= 0.6 is 11.6 Å². The third-order valence-electron chi connectivity index (χ3n) is 5.08. The first kappa shape index (κ1) is 21.0. The Morgan fingerprint density at radius 1 is 0.966 bits per heavy atom. The normalized spacial score (nSPS) is 13.3. The first-order valence-corrected chi connectivity index (χ1v) is 10.4. The Balaban J connectivity index is 1.81. The molecule has 1 aliphatic rings. The zero-order chi connectivity index (χ0) is 20.8. The van der Waals surface area contributed by atoms with Gasteiger partial charge in [-0.1, -0.05) is 11.6 Å². The summed E-state index contributed by atoms with van der Waals surface area (Å²) < 4.78 is 0. The van der Waals surface area contributed by atoms with Crippen LogP contribution in [0.4, 0.5) is 21.9 Å². The Labute approximate surface area is 176 Å². The molecule has 2 aromatic rings. The van der Waals surface area contributed by atoms with Crippen molar-refractivity contribution in [3.05, 3.63) is 53.1 Å². The zero-order valence-electron chi connectivity index (χ0n) is 16.9. The van der Waals surface area contributed by atoms with Crippen LogP contribution in [-0.4, -0.2) is 43.0 Å². The molecule has 0 unspecified atom stereocenters. The average Bonchev–Trinajstić information content (AvgIpc) is 3.25. The highest BCUT2D eigenvalue weighted by atomic mass is 35.5. The van der Waals surface area contributed by atoms with Crippen LogP contribution < -0.4 is 15.5 Å². The summed E-state index contributed by atoms with van der Waals surface area (Å²) in [7, 11) is 0. The summed E-state index contributed by atoms with van der Waals surface area (Å²) >= 11 is 5.87. The Morgan fingerprint density at radius 3 is 2.17 bits per heavy atom. The first-order valence-electron chi connectivity index (χ1n) is 10.0. The summed E-state index contributed by atoms with van der Waals surface area (Å²) in [5.41, 5.74) is 2.78. The van der Waals surface area contributed by atoms with Crippen LogP contribution in [0.3, 0.4) is 0 Å². The van der Waals surface area contributed by atoms with E-state index in [1.807, 2.05) is 26.0 Å². The summed E-state index contributed by atoms with van der Waals surface area (Å²) in [6, 6.07) is 12.1. The molecule has 7 heteroatoms. The predicted octanol–water partition coefficient (Wildman–Crippen LogP) is 5.07. The van der Waals surface area contributed by atoms with Crippen LogP contribution in [-0.2, 0) is 0 Å². The SMILES string of the molecule is CCN(CC)C(=O)c1cc(NC(=O)Nc2ccc(Cl)cc2)ccc1N1CCCC1. The molecule has 2 aromatic carbocycles. The van der Waals surface area contributed by atoms with E-state index in [1.165, 1.54) is 0 Å². The van der Waals surface area contributed by atoms with E-state index in [0.717, 1.165) is 31.6 Å². The highest BCUT2D eigenvalue weighted by Crippen LogP contribution is 2.29. The Hall–Kier alpha value is -2.73. The van der Waals surface area contributed by atoms with Gasteiger partial charge in [-0.15, -0.1) is 0 Å². The van der Waals surface area contributed by atoms with Crippen molar-refractivity contribution in [2.24, 2.45) is 0 Å². The molecule has 0 radical (unpaired) electrons. The highest BCUT2D eigenvalue weighted by molar-refractivity contribution is 6.30. The molecule has 1 aliphatic heterocycles. The molecule has 2 N–H and O–H groups in total. The van der Waals surface area contributed by atoms with Gasteiger partial charge in [-0.2, -0.15) is 0 Å². The van der Waals surface area contributed by atoms with E-state index in [4.69, 9.17) is 11.6 Å². The third kappa shape index (κ3) is 5.21. The van der Waals surface area contributed by atoms with Crippen LogP contribution in [0, 0.1) is 0 Å². The molecule has 0 aromatic heterocycles. The zero-order valence-corrected chi connectivity index (χ0v) is 17.6. The van der Waals surface area contributed by atoms with Gasteiger partial charge in [-0.05, 0) is 69.2 Å². The van der Waals surface area contributed by atoms with Gasteiger partial charge in [-0.25, -0.2) is 4.79 Å². The van der Waals surface area contributed by atoms with Crippen molar-refractivity contribution in [2.75, 3.05) is 41.7 Å². The van der Waals surface area contributed by atoms with Crippen LogP contribution in [0.5, 0.6) is 0 Å². The molecular formula is C22H27ClN4O2. The van der Waals surface area contributed by atoms with E-state index in [0.29, 0.717) is 35.1 Å². The van der Waals surface area contributed by atoms with E-state index in [1.54, 1.807) is 35.2 Å². The van der Waals surface area contributed by atoms with Crippen molar-refractivity contribution in [3.8, 4) is 0 Å². The second-order valence-corrected chi connectivity index (χ2v) is 7.43. The van der Waals surface area contributed by atoms with Crippen molar-refractivity contribution in [2.45, 2.75) is 26.7 Å². The van der Waals surface area contributed by atoms with Crippen molar-refractivity contribution in [1.82, 2.24) is 4.90 Å². The summed E-state index contributed by atoms with van der Waals surface area (Å²) in [6.07, 6.45) is 2.25. The number of rotatable bonds is 6. The van der Waals surface area contributed by atoms with Crippen molar-refractivity contribution < 1.29 is 9.59 Å². The quantitative estimate of drug-likeness (QED) is 0.693. The molecule has 1 saturated heterocycles. The second kappa shape index (κ2) is 9.65. The molecule has 0 atom stereocenters. The number of nitrogens with zero attached hydrogens (tertiary/aromatic N) is 2. The molecule has 0 saturated carbocycles. The van der Waals surface area contributed by atoms with Crippen LogP contribution in [0.1, 0.15) is 37.0 Å². The molecule has 154 valence electrons. The lowest BCUT2D eigenvalue weighted by Gasteiger charge is -2.25. The fraction of sp³-hybridized carbons (Fsp3) is 0.364. The smallest absolute Gasteiger partial charge is 0.323 e. The Bertz CT molecular complexity index is 860. The predicted molar refractivity (Wildman–Crippen MR) is 119 cm³/mol. The lowest BCUT2D eigenvalue weighted by atomic mass is 10.1. The number of benzene rings is 2. The summed E-state index contributed by atoms with van der Waals surface area (Å²) in [5, 5.41) is 6.19. The Kier molecular flexibility index (Phi) is 6.99. The van der Waals surface area contributed by atoms with E-state index in [-0.39, 0.29) is 11.9 Å². The van der Waals surface area contributed by atoms with Gasteiger partial charge in [-0.3, -0.25) is 4.79 Å². The number of amides is 3. The molecule has 0 aliphatic carbocycles. The van der Waals surface area contributed by atoms with E-state index in [9.17, 15) is 9.59 Å². The monoisotopic (exact) mass is 414 g/mol. The number of nitrogens with one attached hydrogen (secondary N) is 2. The van der Waals surface area contributed by atoms with Crippen molar-refractivity contribution in [1.29, 1.82) is 0 Å². The maximum atomic E-state index is 13.1. The molecule has 1 heterocycles. The third-order valence-corrected chi connectivity index (χ3v) is 5.34. The minimum absolute atomic E-state index is 0.0151. The van der Waals surface area contributed by atoms with Gasteiger partial charge < -0.3 is 20.4 Å². The number of carbonyl (C=O) groups is 2. The number of hydrogen-bond donors (Lipinski definition) is 2. The van der Waals surface area contributed by atoms with Gasteiger partial charge in [0.1, 0.15) is 0 Å². The summed E-state index contributed by atoms with van der Waals surface area (Å²) in [4.78, 5) is 29.5. The second-order valence-electron chi connectivity index (χ2n) is 6.99. The highest BCUT2D eigenvalue weighted by Gasteiger charge is 2.23. The maximum absolute atomic E-state index is 13.1. The van der Waals surface area contributed by atoms with Crippen LogP contribution in [0.25, 0.3) is 0 Å². The molecule has 3 rings (SSSR count). The topological polar surface area (TPSA) is 64.7 Å². The lowest BCUT2D eigenvalue weighted by molar-refractivity contribution is 0.0773. The van der Waals surface area contributed by atoms with Crippen LogP contribution in [0.15, 0.2) is 42.5 Å². The molecule has 0 bridgehead atoms. The number of carbonyl (C=O) groups excluding carboxylic acids is 2. The minimum atomic E-state index is -0.373. The minimum Gasteiger partial charge on any atom is -0.371 e. The molecule has 29 heavy (non-hydrogen) atoms. The van der Waals surface area contributed by atoms with Crippen molar-refractivity contribution in [3.63, 3.8) is 0 Å². The van der Waals surface area contributed by atoms with Gasteiger partial charge in [0.2, 0.25) is 0 Å². The first-order chi connectivity index (χ1) is 14.0. The molecule has 6 nitrogen and oxygen atoms in total. The largest absolute Gasteiger partial charge is 0.371 e. The van der Waals surface area contributed by atoms with Gasteiger partial charge in [0.05, 0.1) is 5.56 Å². The van der Waals surface area contributed by atoms with Gasteiger partial charge in [0, 0.05) is 48.3 Å². The number of urea groups is 1. The van der Waals surface area contributed by atoms with Gasteiger partial charge in [0.15, 0.2) is 0 Å². The average molecular weight is 415 g/mol. The molecular weight excluding hydrogens is 388 g/mol. The molecule has 0 spiro atoms.